The Morgan fingerprint density at radius 3 is 2.93 bits per heavy atom. The summed E-state index contributed by atoms with van der Waals surface area (Å²) >= 11 is 7.41. The highest BCUT2D eigenvalue weighted by Gasteiger charge is 2.11. The first kappa shape index (κ1) is 9.51. The van der Waals surface area contributed by atoms with Crippen molar-refractivity contribution in [3.05, 3.63) is 34.2 Å². The maximum Gasteiger partial charge on any atom is 0.101 e. The van der Waals surface area contributed by atoms with Crippen LogP contribution in [0.4, 0.5) is 0 Å². The van der Waals surface area contributed by atoms with E-state index in [1.165, 1.54) is 10.3 Å². The summed E-state index contributed by atoms with van der Waals surface area (Å²) in [5.74, 6) is 0.418. The summed E-state index contributed by atoms with van der Waals surface area (Å²) in [5, 5.41) is 10.1. The van der Waals surface area contributed by atoms with E-state index in [9.17, 15) is 0 Å². The van der Waals surface area contributed by atoms with Gasteiger partial charge in [0.2, 0.25) is 0 Å². The predicted octanol–water partition coefficient (Wildman–Crippen LogP) is 3.82. The standard InChI is InChI=1S/C11H8ClNS/c1-7-3-2-4-8-9(6-13)10(5-12)14-11(7)8/h2-4H,5H2,1H3. The zero-order chi connectivity index (χ0) is 10.1. The van der Waals surface area contributed by atoms with Gasteiger partial charge < -0.3 is 0 Å². The molecule has 0 saturated heterocycles. The molecule has 1 nitrogen and oxygen atoms in total. The molecule has 2 rings (SSSR count). The van der Waals surface area contributed by atoms with Gasteiger partial charge in [0.05, 0.1) is 11.4 Å². The second kappa shape index (κ2) is 3.61. The van der Waals surface area contributed by atoms with Crippen LogP contribution in [0.25, 0.3) is 10.1 Å². The van der Waals surface area contributed by atoms with Crippen LogP contribution in [-0.4, -0.2) is 0 Å². The predicted molar refractivity (Wildman–Crippen MR) is 60.8 cm³/mol. The number of rotatable bonds is 1. The van der Waals surface area contributed by atoms with Crippen LogP contribution in [0.5, 0.6) is 0 Å². The summed E-state index contributed by atoms with van der Waals surface area (Å²) in [6, 6.07) is 8.23. The number of nitrogens with zero attached hydrogens (tertiary/aromatic N) is 1. The minimum atomic E-state index is 0.418. The van der Waals surface area contributed by atoms with Crippen molar-refractivity contribution >= 4 is 33.0 Å². The van der Waals surface area contributed by atoms with Gasteiger partial charge in [-0.1, -0.05) is 18.2 Å². The van der Waals surface area contributed by atoms with Gasteiger partial charge in [0, 0.05) is 15.0 Å². The highest BCUT2D eigenvalue weighted by Crippen LogP contribution is 2.33. The summed E-state index contributed by atoms with van der Waals surface area (Å²) in [5.41, 5.74) is 1.95. The summed E-state index contributed by atoms with van der Waals surface area (Å²) in [6.07, 6.45) is 0. The molecule has 0 bridgehead atoms. The number of halogens is 1. The molecule has 0 atom stereocenters. The summed E-state index contributed by atoms with van der Waals surface area (Å²) in [6.45, 7) is 2.05. The van der Waals surface area contributed by atoms with Crippen molar-refractivity contribution < 1.29 is 0 Å². The Balaban J connectivity index is 2.88. The van der Waals surface area contributed by atoms with E-state index in [0.717, 1.165) is 15.8 Å². The van der Waals surface area contributed by atoms with Gasteiger partial charge in [0.15, 0.2) is 0 Å². The Bertz CT molecular complexity index is 522. The van der Waals surface area contributed by atoms with Crippen LogP contribution in [0.1, 0.15) is 16.0 Å². The molecule has 14 heavy (non-hydrogen) atoms. The van der Waals surface area contributed by atoms with Crippen molar-refractivity contribution in [2.24, 2.45) is 0 Å². The first-order valence-corrected chi connectivity index (χ1v) is 5.60. The van der Waals surface area contributed by atoms with Gasteiger partial charge in [-0.3, -0.25) is 0 Å². The number of fused-ring (bicyclic) bond motifs is 1. The number of hydrogen-bond donors (Lipinski definition) is 0. The molecule has 0 aliphatic rings. The van der Waals surface area contributed by atoms with E-state index in [2.05, 4.69) is 19.1 Å². The van der Waals surface area contributed by atoms with Crippen LogP contribution < -0.4 is 0 Å². The lowest BCUT2D eigenvalue weighted by Gasteiger charge is -1.93. The van der Waals surface area contributed by atoms with Crippen LogP contribution >= 0.6 is 22.9 Å². The first-order valence-electron chi connectivity index (χ1n) is 4.25. The molecule has 70 valence electrons. The fourth-order valence-electron chi connectivity index (χ4n) is 1.53. The fourth-order valence-corrected chi connectivity index (χ4v) is 2.89. The number of aryl methyl sites for hydroxylation is 1. The van der Waals surface area contributed by atoms with Gasteiger partial charge in [-0.05, 0) is 12.5 Å². The number of alkyl halides is 1. The summed E-state index contributed by atoms with van der Waals surface area (Å²) in [7, 11) is 0. The molecule has 0 radical (unpaired) electrons. The van der Waals surface area contributed by atoms with Crippen molar-refractivity contribution in [3.63, 3.8) is 0 Å². The highest BCUT2D eigenvalue weighted by molar-refractivity contribution is 7.19. The molecular formula is C11H8ClNS. The average molecular weight is 222 g/mol. The van der Waals surface area contributed by atoms with E-state index < -0.39 is 0 Å². The van der Waals surface area contributed by atoms with E-state index in [1.54, 1.807) is 11.3 Å². The van der Waals surface area contributed by atoms with Gasteiger partial charge in [0.1, 0.15) is 6.07 Å². The van der Waals surface area contributed by atoms with E-state index in [1.807, 2.05) is 12.1 Å². The molecule has 0 N–H and O–H groups in total. The molecule has 0 fully saturated rings. The molecule has 0 aliphatic carbocycles. The van der Waals surface area contributed by atoms with Crippen LogP contribution in [0, 0.1) is 18.3 Å². The third-order valence-electron chi connectivity index (χ3n) is 2.22. The molecule has 0 unspecified atom stereocenters. The lowest BCUT2D eigenvalue weighted by atomic mass is 10.1. The monoisotopic (exact) mass is 221 g/mol. The molecule has 1 aromatic carbocycles. The van der Waals surface area contributed by atoms with Gasteiger partial charge in [-0.25, -0.2) is 0 Å². The zero-order valence-corrected chi connectivity index (χ0v) is 9.25. The molecule has 3 heteroatoms. The van der Waals surface area contributed by atoms with Crippen molar-refractivity contribution in [3.8, 4) is 6.07 Å². The Kier molecular flexibility index (Phi) is 2.45. The number of benzene rings is 1. The van der Waals surface area contributed by atoms with Crippen LogP contribution in [0.15, 0.2) is 18.2 Å². The van der Waals surface area contributed by atoms with Gasteiger partial charge in [0.25, 0.3) is 0 Å². The third-order valence-corrected chi connectivity index (χ3v) is 3.99. The topological polar surface area (TPSA) is 23.8 Å². The molecular weight excluding hydrogens is 214 g/mol. The Morgan fingerprint density at radius 1 is 1.50 bits per heavy atom. The Hall–Kier alpha value is -1.04. The average Bonchev–Trinajstić information content (AvgIpc) is 2.57. The summed E-state index contributed by atoms with van der Waals surface area (Å²) in [4.78, 5) is 0.971. The van der Waals surface area contributed by atoms with Gasteiger partial charge >= 0.3 is 0 Å². The first-order chi connectivity index (χ1) is 6.77. The molecule has 2 aromatic rings. The molecule has 1 heterocycles. The second-order valence-corrected chi connectivity index (χ2v) is 4.47. The third kappa shape index (κ3) is 1.30. The molecule has 0 spiro atoms. The molecule has 0 saturated carbocycles. The van der Waals surface area contributed by atoms with Gasteiger partial charge in [-0.15, -0.1) is 22.9 Å². The maximum atomic E-state index is 9.03. The Morgan fingerprint density at radius 2 is 2.29 bits per heavy atom. The molecule has 0 aliphatic heterocycles. The maximum absolute atomic E-state index is 9.03. The highest BCUT2D eigenvalue weighted by atomic mass is 35.5. The lowest BCUT2D eigenvalue weighted by molar-refractivity contribution is 1.45. The van der Waals surface area contributed by atoms with Crippen LogP contribution in [-0.2, 0) is 5.88 Å². The molecule has 1 aromatic heterocycles. The van der Waals surface area contributed by atoms with Crippen LogP contribution in [0.3, 0.4) is 0 Å². The van der Waals surface area contributed by atoms with Crippen molar-refractivity contribution in [2.75, 3.05) is 0 Å². The second-order valence-electron chi connectivity index (χ2n) is 3.10. The quantitative estimate of drug-likeness (QED) is 0.672. The minimum absolute atomic E-state index is 0.418. The fraction of sp³-hybridized carbons (Fsp3) is 0.182. The lowest BCUT2D eigenvalue weighted by Crippen LogP contribution is -1.77. The van der Waals surface area contributed by atoms with E-state index in [4.69, 9.17) is 16.9 Å². The zero-order valence-electron chi connectivity index (χ0n) is 7.67. The van der Waals surface area contributed by atoms with Crippen molar-refractivity contribution in [1.29, 1.82) is 5.26 Å². The van der Waals surface area contributed by atoms with Crippen molar-refractivity contribution in [1.82, 2.24) is 0 Å². The minimum Gasteiger partial charge on any atom is -0.192 e. The number of hydrogen-bond acceptors (Lipinski definition) is 2. The number of nitriles is 1. The molecule has 0 amide bonds. The number of thiophene rings is 1. The van der Waals surface area contributed by atoms with Crippen LogP contribution in [0.2, 0.25) is 0 Å². The Labute approximate surface area is 91.5 Å². The van der Waals surface area contributed by atoms with E-state index in [0.29, 0.717) is 5.88 Å². The smallest absolute Gasteiger partial charge is 0.101 e. The normalized spacial score (nSPS) is 10.4. The largest absolute Gasteiger partial charge is 0.192 e. The van der Waals surface area contributed by atoms with E-state index >= 15 is 0 Å². The van der Waals surface area contributed by atoms with Gasteiger partial charge in [-0.2, -0.15) is 5.26 Å². The van der Waals surface area contributed by atoms with Crippen molar-refractivity contribution in [2.45, 2.75) is 12.8 Å². The van der Waals surface area contributed by atoms with E-state index in [-0.39, 0.29) is 0 Å². The SMILES string of the molecule is Cc1cccc2c(C#N)c(CCl)sc12. The summed E-state index contributed by atoms with van der Waals surface area (Å²) < 4.78 is 1.18.